The van der Waals surface area contributed by atoms with Gasteiger partial charge in [0.25, 0.3) is 0 Å². The molecule has 0 bridgehead atoms. The molecule has 1 fully saturated rings. The van der Waals surface area contributed by atoms with Gasteiger partial charge in [-0.2, -0.15) is 12.6 Å². The van der Waals surface area contributed by atoms with Gasteiger partial charge in [-0.25, -0.2) is 0 Å². The van der Waals surface area contributed by atoms with Gasteiger partial charge in [0.2, 0.25) is 0 Å². The van der Waals surface area contributed by atoms with Crippen LogP contribution in [-0.2, 0) is 0 Å². The first-order chi connectivity index (χ1) is 6.13. The van der Waals surface area contributed by atoms with Crippen LogP contribution in [-0.4, -0.2) is 41.5 Å². The lowest BCUT2D eigenvalue weighted by Crippen LogP contribution is -2.26. The van der Waals surface area contributed by atoms with Crippen LogP contribution in [0.5, 0.6) is 0 Å². The van der Waals surface area contributed by atoms with E-state index in [9.17, 15) is 5.11 Å². The van der Waals surface area contributed by atoms with Crippen molar-refractivity contribution in [2.24, 2.45) is 5.92 Å². The van der Waals surface area contributed by atoms with Crippen molar-refractivity contribution in [3.05, 3.63) is 12.2 Å². The fourth-order valence-corrected chi connectivity index (χ4v) is 1.87. The fraction of sp³-hybridized carbons (Fsp3) is 0.800. The lowest BCUT2D eigenvalue weighted by atomic mass is 10.0. The number of hydrogen-bond acceptors (Lipinski definition) is 3. The molecule has 1 rings (SSSR count). The van der Waals surface area contributed by atoms with Gasteiger partial charge in [0.15, 0.2) is 0 Å². The second-order valence-electron chi connectivity index (χ2n) is 3.93. The normalized spacial score (nSPS) is 26.2. The van der Waals surface area contributed by atoms with Crippen LogP contribution in [0.3, 0.4) is 0 Å². The summed E-state index contributed by atoms with van der Waals surface area (Å²) in [7, 11) is 0. The highest BCUT2D eigenvalue weighted by atomic mass is 32.1. The zero-order valence-corrected chi connectivity index (χ0v) is 9.13. The number of likely N-dealkylation sites (tertiary alicyclic amines) is 1. The van der Waals surface area contributed by atoms with E-state index in [1.54, 1.807) is 0 Å². The summed E-state index contributed by atoms with van der Waals surface area (Å²) in [4.78, 5) is 2.34. The van der Waals surface area contributed by atoms with Gasteiger partial charge in [-0.05, 0) is 25.8 Å². The molecule has 2 atom stereocenters. The SMILES string of the molecule is C=C(CS)CN1CCC(C(C)O)C1. The second kappa shape index (κ2) is 5.03. The predicted octanol–water partition coefficient (Wildman–Crippen LogP) is 1.18. The first kappa shape index (κ1) is 11.1. The molecule has 0 amide bonds. The maximum Gasteiger partial charge on any atom is 0.0552 e. The Morgan fingerprint density at radius 3 is 2.92 bits per heavy atom. The Morgan fingerprint density at radius 2 is 2.46 bits per heavy atom. The molecule has 1 aliphatic heterocycles. The fourth-order valence-electron chi connectivity index (χ4n) is 1.77. The van der Waals surface area contributed by atoms with Crippen molar-refractivity contribution in [3.63, 3.8) is 0 Å². The van der Waals surface area contributed by atoms with Crippen LogP contribution in [0, 0.1) is 5.92 Å². The maximum atomic E-state index is 9.40. The van der Waals surface area contributed by atoms with E-state index >= 15 is 0 Å². The Labute approximate surface area is 86.0 Å². The zero-order valence-electron chi connectivity index (χ0n) is 8.24. The van der Waals surface area contributed by atoms with E-state index in [-0.39, 0.29) is 6.10 Å². The molecule has 0 aromatic carbocycles. The van der Waals surface area contributed by atoms with Gasteiger partial charge in [-0.1, -0.05) is 12.2 Å². The minimum Gasteiger partial charge on any atom is -0.393 e. The molecule has 2 nitrogen and oxygen atoms in total. The molecule has 3 heteroatoms. The molecule has 1 heterocycles. The van der Waals surface area contributed by atoms with Gasteiger partial charge in [-0.15, -0.1) is 0 Å². The largest absolute Gasteiger partial charge is 0.393 e. The van der Waals surface area contributed by atoms with Crippen LogP contribution < -0.4 is 0 Å². The summed E-state index contributed by atoms with van der Waals surface area (Å²) < 4.78 is 0. The minimum atomic E-state index is -0.172. The summed E-state index contributed by atoms with van der Waals surface area (Å²) >= 11 is 4.18. The zero-order chi connectivity index (χ0) is 9.84. The van der Waals surface area contributed by atoms with Crippen molar-refractivity contribution >= 4 is 12.6 Å². The van der Waals surface area contributed by atoms with E-state index in [1.165, 1.54) is 0 Å². The molecule has 2 unspecified atom stereocenters. The van der Waals surface area contributed by atoms with Gasteiger partial charge in [0.1, 0.15) is 0 Å². The van der Waals surface area contributed by atoms with Crippen LogP contribution >= 0.6 is 12.6 Å². The number of aliphatic hydroxyl groups is 1. The van der Waals surface area contributed by atoms with E-state index in [2.05, 4.69) is 24.1 Å². The van der Waals surface area contributed by atoms with Crippen LogP contribution in [0.4, 0.5) is 0 Å². The standard InChI is InChI=1S/C10H19NOS/c1-8(7-13)5-11-4-3-10(6-11)9(2)12/h9-10,12-13H,1,3-7H2,2H3. The Hall–Kier alpha value is 0.01000. The van der Waals surface area contributed by atoms with Crippen LogP contribution in [0.2, 0.25) is 0 Å². The first-order valence-corrected chi connectivity index (χ1v) is 5.44. The lowest BCUT2D eigenvalue weighted by Gasteiger charge is -2.17. The minimum absolute atomic E-state index is 0.172. The Morgan fingerprint density at radius 1 is 1.77 bits per heavy atom. The molecule has 0 spiro atoms. The van der Waals surface area contributed by atoms with Crippen LogP contribution in [0.15, 0.2) is 12.2 Å². The quantitative estimate of drug-likeness (QED) is 0.527. The maximum absolute atomic E-state index is 9.40. The van der Waals surface area contributed by atoms with Gasteiger partial charge >= 0.3 is 0 Å². The summed E-state index contributed by atoms with van der Waals surface area (Å²) in [5.74, 6) is 1.21. The number of aliphatic hydroxyl groups excluding tert-OH is 1. The van der Waals surface area contributed by atoms with Gasteiger partial charge in [-0.3, -0.25) is 4.90 Å². The average molecular weight is 201 g/mol. The molecule has 1 N–H and O–H groups in total. The van der Waals surface area contributed by atoms with Gasteiger partial charge in [0.05, 0.1) is 6.10 Å². The highest BCUT2D eigenvalue weighted by Gasteiger charge is 2.25. The van der Waals surface area contributed by atoms with E-state index in [4.69, 9.17) is 0 Å². The third-order valence-electron chi connectivity index (χ3n) is 2.66. The van der Waals surface area contributed by atoms with Crippen molar-refractivity contribution in [2.75, 3.05) is 25.4 Å². The highest BCUT2D eigenvalue weighted by Crippen LogP contribution is 2.20. The number of nitrogens with zero attached hydrogens (tertiary/aromatic N) is 1. The highest BCUT2D eigenvalue weighted by molar-refractivity contribution is 7.80. The Bertz CT molecular complexity index is 182. The Balaban J connectivity index is 2.29. The summed E-state index contributed by atoms with van der Waals surface area (Å²) in [5.41, 5.74) is 1.16. The summed E-state index contributed by atoms with van der Waals surface area (Å²) in [5, 5.41) is 9.40. The van der Waals surface area contributed by atoms with Gasteiger partial charge < -0.3 is 5.11 Å². The predicted molar refractivity (Wildman–Crippen MR) is 59.2 cm³/mol. The topological polar surface area (TPSA) is 23.5 Å². The monoisotopic (exact) mass is 201 g/mol. The van der Waals surface area contributed by atoms with Crippen molar-refractivity contribution in [1.29, 1.82) is 0 Å². The van der Waals surface area contributed by atoms with E-state index in [0.717, 1.165) is 37.4 Å². The number of rotatable bonds is 4. The van der Waals surface area contributed by atoms with E-state index in [0.29, 0.717) is 5.92 Å². The van der Waals surface area contributed by atoms with E-state index in [1.807, 2.05) is 6.92 Å². The molecular formula is C10H19NOS. The molecule has 0 saturated carbocycles. The molecule has 1 saturated heterocycles. The molecule has 0 aliphatic carbocycles. The average Bonchev–Trinajstić information content (AvgIpc) is 2.52. The summed E-state index contributed by atoms with van der Waals surface area (Å²) in [6, 6.07) is 0. The Kier molecular flexibility index (Phi) is 4.29. The second-order valence-corrected chi connectivity index (χ2v) is 4.25. The summed E-state index contributed by atoms with van der Waals surface area (Å²) in [6.45, 7) is 8.83. The lowest BCUT2D eigenvalue weighted by molar-refractivity contribution is 0.128. The van der Waals surface area contributed by atoms with Crippen molar-refractivity contribution < 1.29 is 5.11 Å². The number of hydrogen-bond donors (Lipinski definition) is 2. The third kappa shape index (κ3) is 3.33. The molecule has 13 heavy (non-hydrogen) atoms. The molecular weight excluding hydrogens is 182 g/mol. The molecule has 0 aromatic rings. The smallest absolute Gasteiger partial charge is 0.0552 e. The molecule has 1 aliphatic rings. The van der Waals surface area contributed by atoms with Crippen molar-refractivity contribution in [1.82, 2.24) is 4.90 Å². The van der Waals surface area contributed by atoms with Crippen LogP contribution in [0.1, 0.15) is 13.3 Å². The molecule has 0 aromatic heterocycles. The van der Waals surface area contributed by atoms with Crippen LogP contribution in [0.25, 0.3) is 0 Å². The molecule has 76 valence electrons. The third-order valence-corrected chi connectivity index (χ3v) is 3.11. The van der Waals surface area contributed by atoms with Crippen molar-refractivity contribution in [3.8, 4) is 0 Å². The van der Waals surface area contributed by atoms with E-state index < -0.39 is 0 Å². The molecule has 0 radical (unpaired) electrons. The van der Waals surface area contributed by atoms with Crippen molar-refractivity contribution in [2.45, 2.75) is 19.4 Å². The first-order valence-electron chi connectivity index (χ1n) is 4.81. The van der Waals surface area contributed by atoms with Gasteiger partial charge in [0, 0.05) is 18.8 Å². The summed E-state index contributed by atoms with van der Waals surface area (Å²) in [6.07, 6.45) is 0.937. The number of thiol groups is 1.